The molecule has 0 atom stereocenters. The molecule has 3 rings (SSSR count). The van der Waals surface area contributed by atoms with Crippen molar-refractivity contribution in [1.82, 2.24) is 0 Å². The summed E-state index contributed by atoms with van der Waals surface area (Å²) in [7, 11) is -3.54. The summed E-state index contributed by atoms with van der Waals surface area (Å²) >= 11 is 0. The fraction of sp³-hybridized carbons (Fsp3) is 0.222. The summed E-state index contributed by atoms with van der Waals surface area (Å²) in [6.07, 6.45) is -0.144. The highest BCUT2D eigenvalue weighted by Gasteiger charge is 2.31. The first-order chi connectivity index (χ1) is 11.9. The molecule has 0 radical (unpaired) electrons. The molecular formula is C18H18N2O4S. The minimum absolute atomic E-state index is 0.0872. The Balaban J connectivity index is 1.87. The molecule has 0 saturated heterocycles. The summed E-state index contributed by atoms with van der Waals surface area (Å²) in [4.78, 5) is 26.1. The third kappa shape index (κ3) is 3.71. The summed E-state index contributed by atoms with van der Waals surface area (Å²) in [6, 6.07) is 13.6. The lowest BCUT2D eigenvalue weighted by Crippen LogP contribution is -2.37. The molecule has 0 unspecified atom stereocenters. The second-order valence-corrected chi connectivity index (χ2v) is 8.01. The lowest BCUT2D eigenvalue weighted by Gasteiger charge is -2.21. The second kappa shape index (κ2) is 6.68. The van der Waals surface area contributed by atoms with Gasteiger partial charge in [0.15, 0.2) is 9.84 Å². The quantitative estimate of drug-likeness (QED) is 0.911. The number of para-hydroxylation sites is 1. The van der Waals surface area contributed by atoms with Gasteiger partial charge in [-0.3, -0.25) is 9.59 Å². The molecule has 1 aliphatic heterocycles. The van der Waals surface area contributed by atoms with Gasteiger partial charge in [-0.05, 0) is 36.8 Å². The Hall–Kier alpha value is -2.67. The fourth-order valence-corrected chi connectivity index (χ4v) is 4.23. The van der Waals surface area contributed by atoms with Crippen LogP contribution in [-0.2, 0) is 19.4 Å². The SMILES string of the molecule is Cc1cccc(NC(=O)CN2C(=O)CCS(=O)(=O)c3ccccc32)c1. The molecule has 25 heavy (non-hydrogen) atoms. The number of nitrogens with one attached hydrogen (secondary N) is 1. The predicted octanol–water partition coefficient (Wildman–Crippen LogP) is 2.14. The first kappa shape index (κ1) is 17.2. The van der Waals surface area contributed by atoms with Crippen LogP contribution in [0.5, 0.6) is 0 Å². The molecule has 1 aliphatic rings. The van der Waals surface area contributed by atoms with E-state index >= 15 is 0 Å². The van der Waals surface area contributed by atoms with Crippen molar-refractivity contribution in [1.29, 1.82) is 0 Å². The van der Waals surface area contributed by atoms with Crippen molar-refractivity contribution in [3.05, 3.63) is 54.1 Å². The monoisotopic (exact) mass is 358 g/mol. The van der Waals surface area contributed by atoms with Crippen molar-refractivity contribution in [2.45, 2.75) is 18.2 Å². The van der Waals surface area contributed by atoms with Crippen molar-refractivity contribution in [3.63, 3.8) is 0 Å². The van der Waals surface area contributed by atoms with E-state index < -0.39 is 9.84 Å². The van der Waals surface area contributed by atoms with Crippen molar-refractivity contribution >= 4 is 33.0 Å². The summed E-state index contributed by atoms with van der Waals surface area (Å²) in [5.74, 6) is -1.01. The van der Waals surface area contributed by atoms with Gasteiger partial charge in [-0.15, -0.1) is 0 Å². The molecule has 7 heteroatoms. The second-order valence-electron chi connectivity index (χ2n) is 5.93. The van der Waals surface area contributed by atoms with E-state index in [9.17, 15) is 18.0 Å². The van der Waals surface area contributed by atoms with Crippen LogP contribution in [0.25, 0.3) is 0 Å². The molecule has 0 aromatic heterocycles. The van der Waals surface area contributed by atoms with Crippen LogP contribution < -0.4 is 10.2 Å². The van der Waals surface area contributed by atoms with E-state index in [1.54, 1.807) is 24.3 Å². The topological polar surface area (TPSA) is 83.6 Å². The first-order valence-electron chi connectivity index (χ1n) is 7.85. The zero-order chi connectivity index (χ0) is 18.0. The van der Waals surface area contributed by atoms with E-state index in [0.717, 1.165) is 5.56 Å². The Kier molecular flexibility index (Phi) is 4.59. The van der Waals surface area contributed by atoms with Crippen LogP contribution in [0, 0.1) is 6.92 Å². The average Bonchev–Trinajstić information content (AvgIpc) is 2.66. The van der Waals surface area contributed by atoms with Crippen molar-refractivity contribution in [2.75, 3.05) is 22.5 Å². The highest BCUT2D eigenvalue weighted by atomic mass is 32.2. The minimum Gasteiger partial charge on any atom is -0.325 e. The number of benzene rings is 2. The minimum atomic E-state index is -3.54. The number of anilines is 2. The van der Waals surface area contributed by atoms with Crippen LogP contribution in [0.15, 0.2) is 53.4 Å². The number of carbonyl (C=O) groups is 2. The third-order valence-electron chi connectivity index (χ3n) is 3.98. The lowest BCUT2D eigenvalue weighted by molar-refractivity contribution is -0.121. The van der Waals surface area contributed by atoms with Gasteiger partial charge in [0, 0.05) is 12.1 Å². The van der Waals surface area contributed by atoms with E-state index in [-0.39, 0.29) is 41.1 Å². The Bertz CT molecular complexity index is 938. The molecule has 0 bridgehead atoms. The zero-order valence-corrected chi connectivity index (χ0v) is 14.5. The number of nitrogens with zero attached hydrogens (tertiary/aromatic N) is 1. The molecule has 1 heterocycles. The molecule has 0 aliphatic carbocycles. The van der Waals surface area contributed by atoms with Crippen molar-refractivity contribution in [3.8, 4) is 0 Å². The maximum Gasteiger partial charge on any atom is 0.244 e. The fourth-order valence-electron chi connectivity index (χ4n) is 2.78. The molecule has 2 aromatic rings. The van der Waals surface area contributed by atoms with Gasteiger partial charge in [-0.1, -0.05) is 24.3 Å². The van der Waals surface area contributed by atoms with E-state index in [1.807, 2.05) is 25.1 Å². The molecule has 2 aromatic carbocycles. The van der Waals surface area contributed by atoms with Crippen LogP contribution in [0.4, 0.5) is 11.4 Å². The highest BCUT2D eigenvalue weighted by Crippen LogP contribution is 2.30. The maximum absolute atomic E-state index is 12.4. The number of hydrogen-bond donors (Lipinski definition) is 1. The summed E-state index contributed by atoms with van der Waals surface area (Å²) in [6.45, 7) is 1.67. The van der Waals surface area contributed by atoms with Crippen LogP contribution in [0.2, 0.25) is 0 Å². The number of amides is 2. The number of fused-ring (bicyclic) bond motifs is 1. The first-order valence-corrected chi connectivity index (χ1v) is 9.51. The molecule has 1 N–H and O–H groups in total. The zero-order valence-electron chi connectivity index (χ0n) is 13.7. The van der Waals surface area contributed by atoms with Gasteiger partial charge in [0.25, 0.3) is 0 Å². The van der Waals surface area contributed by atoms with E-state index in [2.05, 4.69) is 5.32 Å². The Morgan fingerprint density at radius 2 is 1.92 bits per heavy atom. The Labute approximate surface area is 146 Å². The molecule has 6 nitrogen and oxygen atoms in total. The molecule has 0 fully saturated rings. The van der Waals surface area contributed by atoms with E-state index in [0.29, 0.717) is 5.69 Å². The Morgan fingerprint density at radius 1 is 1.16 bits per heavy atom. The van der Waals surface area contributed by atoms with E-state index in [4.69, 9.17) is 0 Å². The van der Waals surface area contributed by atoms with Crippen molar-refractivity contribution < 1.29 is 18.0 Å². The standard InChI is InChI=1S/C18H18N2O4S/c1-13-5-4-6-14(11-13)19-17(21)12-20-15-7-2-3-8-16(15)25(23,24)10-9-18(20)22/h2-8,11H,9-10,12H2,1H3,(H,19,21). The van der Waals surface area contributed by atoms with Gasteiger partial charge in [-0.2, -0.15) is 0 Å². The third-order valence-corrected chi connectivity index (χ3v) is 5.74. The van der Waals surface area contributed by atoms with Gasteiger partial charge < -0.3 is 10.2 Å². The summed E-state index contributed by atoms with van der Waals surface area (Å²) in [5.41, 5.74) is 1.89. The van der Waals surface area contributed by atoms with E-state index in [1.165, 1.54) is 11.0 Å². The number of hydrogen-bond acceptors (Lipinski definition) is 4. The largest absolute Gasteiger partial charge is 0.325 e. The van der Waals surface area contributed by atoms with Crippen LogP contribution in [-0.4, -0.2) is 32.5 Å². The van der Waals surface area contributed by atoms with Gasteiger partial charge >= 0.3 is 0 Å². The Morgan fingerprint density at radius 3 is 2.68 bits per heavy atom. The maximum atomic E-state index is 12.4. The predicted molar refractivity (Wildman–Crippen MR) is 95.3 cm³/mol. The van der Waals surface area contributed by atoms with Crippen molar-refractivity contribution in [2.24, 2.45) is 0 Å². The summed E-state index contributed by atoms with van der Waals surface area (Å²) < 4.78 is 24.6. The highest BCUT2D eigenvalue weighted by molar-refractivity contribution is 7.91. The molecule has 130 valence electrons. The van der Waals surface area contributed by atoms with Crippen LogP contribution in [0.3, 0.4) is 0 Å². The van der Waals surface area contributed by atoms with Gasteiger partial charge in [0.1, 0.15) is 6.54 Å². The molecular weight excluding hydrogens is 340 g/mol. The van der Waals surface area contributed by atoms with Crippen LogP contribution >= 0.6 is 0 Å². The number of carbonyl (C=O) groups excluding carboxylic acids is 2. The average molecular weight is 358 g/mol. The lowest BCUT2D eigenvalue weighted by atomic mass is 10.2. The normalized spacial score (nSPS) is 16.0. The molecule has 0 spiro atoms. The van der Waals surface area contributed by atoms with Crippen LogP contribution in [0.1, 0.15) is 12.0 Å². The van der Waals surface area contributed by atoms with Gasteiger partial charge in [-0.25, -0.2) is 8.42 Å². The number of sulfone groups is 1. The summed E-state index contributed by atoms with van der Waals surface area (Å²) in [5, 5.41) is 2.74. The van der Waals surface area contributed by atoms with Gasteiger partial charge in [0.05, 0.1) is 16.3 Å². The number of aryl methyl sites for hydroxylation is 1. The number of rotatable bonds is 3. The molecule has 2 amide bonds. The molecule has 0 saturated carbocycles. The van der Waals surface area contributed by atoms with Gasteiger partial charge in [0.2, 0.25) is 11.8 Å². The smallest absolute Gasteiger partial charge is 0.244 e.